The molecule has 104 valence electrons. The standard InChI is InChI=1S/C15H20BrNOS/c1-4-7-17-14(11-6-8-18-13(11)5-2)15-12(16)9-10(3)19-15/h6,8-9,14,17H,4-5,7H2,1-3H3. The highest BCUT2D eigenvalue weighted by Crippen LogP contribution is 2.37. The molecule has 1 unspecified atom stereocenters. The predicted molar refractivity (Wildman–Crippen MR) is 85.0 cm³/mol. The fourth-order valence-electron chi connectivity index (χ4n) is 2.23. The molecule has 1 N–H and O–H groups in total. The van der Waals surface area contributed by atoms with Gasteiger partial charge in [-0.05, 0) is 48.0 Å². The van der Waals surface area contributed by atoms with E-state index in [1.807, 2.05) is 11.3 Å². The largest absolute Gasteiger partial charge is 0.469 e. The summed E-state index contributed by atoms with van der Waals surface area (Å²) in [7, 11) is 0. The van der Waals surface area contributed by atoms with E-state index >= 15 is 0 Å². The van der Waals surface area contributed by atoms with Gasteiger partial charge in [0.05, 0.1) is 12.3 Å². The molecule has 0 saturated carbocycles. The molecule has 19 heavy (non-hydrogen) atoms. The van der Waals surface area contributed by atoms with Gasteiger partial charge in [-0.2, -0.15) is 0 Å². The van der Waals surface area contributed by atoms with Crippen molar-refractivity contribution < 1.29 is 4.42 Å². The van der Waals surface area contributed by atoms with E-state index in [1.165, 1.54) is 19.8 Å². The summed E-state index contributed by atoms with van der Waals surface area (Å²) in [5.41, 5.74) is 1.26. The first-order valence-electron chi connectivity index (χ1n) is 6.72. The van der Waals surface area contributed by atoms with Crippen molar-refractivity contribution in [3.63, 3.8) is 0 Å². The van der Waals surface area contributed by atoms with Crippen LogP contribution in [0.15, 0.2) is 27.3 Å². The third-order valence-corrected chi connectivity index (χ3v) is 5.14. The Morgan fingerprint density at radius 1 is 1.42 bits per heavy atom. The molecule has 4 heteroatoms. The minimum atomic E-state index is 0.224. The van der Waals surface area contributed by atoms with Gasteiger partial charge in [0.2, 0.25) is 0 Å². The Balaban J connectivity index is 2.38. The van der Waals surface area contributed by atoms with E-state index in [4.69, 9.17) is 4.42 Å². The van der Waals surface area contributed by atoms with Gasteiger partial charge < -0.3 is 9.73 Å². The smallest absolute Gasteiger partial charge is 0.108 e. The van der Waals surface area contributed by atoms with Crippen LogP contribution in [0.5, 0.6) is 0 Å². The van der Waals surface area contributed by atoms with Crippen LogP contribution in [-0.4, -0.2) is 6.54 Å². The number of furan rings is 1. The summed E-state index contributed by atoms with van der Waals surface area (Å²) in [5.74, 6) is 1.08. The number of hydrogen-bond donors (Lipinski definition) is 1. The number of halogens is 1. The maximum atomic E-state index is 5.59. The van der Waals surface area contributed by atoms with Crippen molar-refractivity contribution in [3.05, 3.63) is 43.9 Å². The predicted octanol–water partition coefficient (Wildman–Crippen LogP) is 5.06. The molecule has 2 aromatic heterocycles. The van der Waals surface area contributed by atoms with Crippen molar-refractivity contribution in [1.29, 1.82) is 0 Å². The van der Waals surface area contributed by atoms with E-state index in [0.717, 1.165) is 25.1 Å². The van der Waals surface area contributed by atoms with Crippen molar-refractivity contribution in [2.75, 3.05) is 6.54 Å². The van der Waals surface area contributed by atoms with Crippen LogP contribution in [0, 0.1) is 6.92 Å². The zero-order chi connectivity index (χ0) is 13.8. The van der Waals surface area contributed by atoms with Crippen LogP contribution < -0.4 is 5.32 Å². The number of thiophene rings is 1. The number of nitrogens with one attached hydrogen (secondary N) is 1. The first-order chi connectivity index (χ1) is 9.17. The van der Waals surface area contributed by atoms with E-state index in [9.17, 15) is 0 Å². The van der Waals surface area contributed by atoms with Crippen LogP contribution in [0.3, 0.4) is 0 Å². The lowest BCUT2D eigenvalue weighted by Crippen LogP contribution is -2.23. The van der Waals surface area contributed by atoms with E-state index in [1.54, 1.807) is 6.26 Å². The molecular weight excluding hydrogens is 322 g/mol. The maximum Gasteiger partial charge on any atom is 0.108 e. The van der Waals surface area contributed by atoms with Crippen molar-refractivity contribution in [1.82, 2.24) is 5.32 Å². The van der Waals surface area contributed by atoms with Gasteiger partial charge in [0, 0.05) is 26.2 Å². The molecule has 1 atom stereocenters. The minimum absolute atomic E-state index is 0.224. The van der Waals surface area contributed by atoms with Gasteiger partial charge in [0.1, 0.15) is 5.76 Å². The number of hydrogen-bond acceptors (Lipinski definition) is 3. The molecule has 0 aliphatic heterocycles. The molecule has 2 aromatic rings. The Kier molecular flexibility index (Phi) is 5.25. The third-order valence-electron chi connectivity index (χ3n) is 3.11. The van der Waals surface area contributed by atoms with Crippen LogP contribution in [0.4, 0.5) is 0 Å². The molecule has 0 amide bonds. The molecule has 0 aliphatic carbocycles. The molecule has 2 heterocycles. The van der Waals surface area contributed by atoms with Gasteiger partial charge in [-0.25, -0.2) is 0 Å². The highest BCUT2D eigenvalue weighted by Gasteiger charge is 2.22. The lowest BCUT2D eigenvalue weighted by Gasteiger charge is -2.18. The molecule has 0 aromatic carbocycles. The lowest BCUT2D eigenvalue weighted by atomic mass is 10.0. The van der Waals surface area contributed by atoms with Gasteiger partial charge in [0.15, 0.2) is 0 Å². The molecule has 0 spiro atoms. The maximum absolute atomic E-state index is 5.59. The van der Waals surface area contributed by atoms with Crippen molar-refractivity contribution >= 4 is 27.3 Å². The Morgan fingerprint density at radius 2 is 2.21 bits per heavy atom. The topological polar surface area (TPSA) is 25.2 Å². The molecule has 2 rings (SSSR count). The number of aryl methyl sites for hydroxylation is 2. The first kappa shape index (κ1) is 14.8. The average molecular weight is 342 g/mol. The first-order valence-corrected chi connectivity index (χ1v) is 8.33. The second-order valence-corrected chi connectivity index (χ2v) is 6.75. The Labute approximate surface area is 127 Å². The van der Waals surface area contributed by atoms with Gasteiger partial charge in [-0.15, -0.1) is 11.3 Å². The van der Waals surface area contributed by atoms with Crippen LogP contribution >= 0.6 is 27.3 Å². The Hall–Kier alpha value is -0.580. The second kappa shape index (κ2) is 6.73. The fraction of sp³-hybridized carbons (Fsp3) is 0.467. The van der Waals surface area contributed by atoms with Crippen LogP contribution in [0.25, 0.3) is 0 Å². The van der Waals surface area contributed by atoms with Crippen LogP contribution in [0.1, 0.15) is 47.4 Å². The van der Waals surface area contributed by atoms with Crippen LogP contribution in [0.2, 0.25) is 0 Å². The van der Waals surface area contributed by atoms with E-state index in [2.05, 4.69) is 54.2 Å². The van der Waals surface area contributed by atoms with Gasteiger partial charge in [-0.3, -0.25) is 0 Å². The molecule has 0 radical (unpaired) electrons. The summed E-state index contributed by atoms with van der Waals surface area (Å²) in [6.45, 7) is 7.47. The summed E-state index contributed by atoms with van der Waals surface area (Å²) in [6, 6.07) is 4.50. The lowest BCUT2D eigenvalue weighted by molar-refractivity contribution is 0.501. The monoisotopic (exact) mass is 341 g/mol. The fourth-order valence-corrected chi connectivity index (χ4v) is 4.20. The summed E-state index contributed by atoms with van der Waals surface area (Å²) < 4.78 is 6.78. The molecule has 0 fully saturated rings. The molecule has 2 nitrogen and oxygen atoms in total. The molecule has 0 aliphatic rings. The van der Waals surface area contributed by atoms with E-state index < -0.39 is 0 Å². The summed E-state index contributed by atoms with van der Waals surface area (Å²) in [5, 5.41) is 3.64. The van der Waals surface area contributed by atoms with Crippen molar-refractivity contribution in [2.45, 2.75) is 39.7 Å². The second-order valence-electron chi connectivity index (χ2n) is 4.61. The van der Waals surface area contributed by atoms with E-state index in [-0.39, 0.29) is 6.04 Å². The highest BCUT2D eigenvalue weighted by atomic mass is 79.9. The van der Waals surface area contributed by atoms with Gasteiger partial charge in [-0.1, -0.05) is 13.8 Å². The average Bonchev–Trinajstić information content (AvgIpc) is 2.97. The third kappa shape index (κ3) is 3.30. The van der Waals surface area contributed by atoms with Crippen LogP contribution in [-0.2, 0) is 6.42 Å². The molecule has 0 bridgehead atoms. The van der Waals surface area contributed by atoms with E-state index in [0.29, 0.717) is 0 Å². The summed E-state index contributed by atoms with van der Waals surface area (Å²) in [6.07, 6.45) is 3.84. The summed E-state index contributed by atoms with van der Waals surface area (Å²) in [4.78, 5) is 2.66. The quantitative estimate of drug-likeness (QED) is 0.793. The minimum Gasteiger partial charge on any atom is -0.469 e. The summed E-state index contributed by atoms with van der Waals surface area (Å²) >= 11 is 5.52. The molecular formula is C15H20BrNOS. The SMILES string of the molecule is CCCNC(c1ccoc1CC)c1sc(C)cc1Br. The zero-order valence-electron chi connectivity index (χ0n) is 11.6. The number of rotatable bonds is 6. The van der Waals surface area contributed by atoms with Crippen molar-refractivity contribution in [3.8, 4) is 0 Å². The van der Waals surface area contributed by atoms with Gasteiger partial charge >= 0.3 is 0 Å². The molecule has 0 saturated heterocycles. The zero-order valence-corrected chi connectivity index (χ0v) is 14.0. The van der Waals surface area contributed by atoms with Gasteiger partial charge in [0.25, 0.3) is 0 Å². The van der Waals surface area contributed by atoms with Crippen molar-refractivity contribution in [2.24, 2.45) is 0 Å². The normalized spacial score (nSPS) is 12.8. The Morgan fingerprint density at radius 3 is 2.79 bits per heavy atom. The highest BCUT2D eigenvalue weighted by molar-refractivity contribution is 9.10. The Bertz CT molecular complexity index is 532.